The standard InChI is InChI=1S/C4H9.C2H3FO2.2ClH.Sn/c1-3-4-2;3-1-2(4)5;;;/h1,3-4H2,2H3;1H2,(H,4,5);2*1H;/q;;;;+2/p-2. The molecule has 0 aromatic carbocycles. The molecule has 0 saturated carbocycles. The first-order valence-corrected chi connectivity index (χ1v) is 12.7. The van der Waals surface area contributed by atoms with Crippen LogP contribution in [-0.2, 0) is 4.79 Å². The van der Waals surface area contributed by atoms with Crippen LogP contribution in [0.15, 0.2) is 0 Å². The van der Waals surface area contributed by atoms with E-state index in [0.29, 0.717) is 0 Å². The van der Waals surface area contributed by atoms with E-state index in [0.717, 1.165) is 4.44 Å². The van der Waals surface area contributed by atoms with E-state index in [9.17, 15) is 4.39 Å². The third kappa shape index (κ3) is 22.4. The molecule has 0 atom stereocenters. The van der Waals surface area contributed by atoms with Crippen molar-refractivity contribution in [3.8, 4) is 0 Å². The van der Waals surface area contributed by atoms with Gasteiger partial charge in [-0.1, -0.05) is 0 Å². The van der Waals surface area contributed by atoms with Crippen LogP contribution < -0.4 is 0 Å². The first kappa shape index (κ1) is 15.3. The number of hydrogen-bond donors (Lipinski definition) is 1. The molecule has 0 saturated heterocycles. The summed E-state index contributed by atoms with van der Waals surface area (Å²) in [6, 6.07) is 0. The fourth-order valence-electron chi connectivity index (χ4n) is 0.310. The van der Waals surface area contributed by atoms with Gasteiger partial charge in [0.1, 0.15) is 0 Å². The number of carbonyl (C=O) groups is 1. The SMILES string of the molecule is CCC[CH2][Sn]([Cl])[Cl].O=C(O)CF. The predicted molar refractivity (Wildman–Crippen MR) is 50.8 cm³/mol. The number of unbranched alkanes of at least 4 members (excludes halogenated alkanes) is 1. The fourth-order valence-corrected chi connectivity index (χ4v) is 3.88. The van der Waals surface area contributed by atoms with Gasteiger partial charge in [0, 0.05) is 0 Å². The molecule has 6 heteroatoms. The largest absolute Gasteiger partial charge is 0.479 e. The molecule has 2 nitrogen and oxygen atoms in total. The molecule has 0 unspecified atom stereocenters. The Morgan fingerprint density at radius 2 is 2.00 bits per heavy atom. The van der Waals surface area contributed by atoms with E-state index in [1.54, 1.807) is 0 Å². The Labute approximate surface area is 86.2 Å². The van der Waals surface area contributed by atoms with Gasteiger partial charge in [-0.05, 0) is 0 Å². The van der Waals surface area contributed by atoms with Crippen molar-refractivity contribution in [1.82, 2.24) is 0 Å². The van der Waals surface area contributed by atoms with Crippen molar-refractivity contribution in [1.29, 1.82) is 0 Å². The van der Waals surface area contributed by atoms with Crippen LogP contribution in [0.2, 0.25) is 4.44 Å². The molecule has 0 aliphatic rings. The van der Waals surface area contributed by atoms with E-state index in [1.165, 1.54) is 12.8 Å². The molecular formula is C6H12Cl2FO2Sn. The summed E-state index contributed by atoms with van der Waals surface area (Å²) in [5.74, 6) is -1.41. The van der Waals surface area contributed by atoms with Gasteiger partial charge in [0.05, 0.1) is 0 Å². The summed E-state index contributed by atoms with van der Waals surface area (Å²) in [4.78, 5) is 8.99. The predicted octanol–water partition coefficient (Wildman–Crippen LogP) is 2.79. The number of rotatable bonds is 4. The van der Waals surface area contributed by atoms with Gasteiger partial charge in [0.15, 0.2) is 6.67 Å². The summed E-state index contributed by atoms with van der Waals surface area (Å²) in [6.07, 6.45) is 2.45. The Kier molecular flexibility index (Phi) is 15.0. The number of carboxylic acid groups (broad SMARTS) is 1. The second-order valence-corrected chi connectivity index (χ2v) is 12.7. The molecule has 0 aliphatic heterocycles. The second kappa shape index (κ2) is 11.8. The van der Waals surface area contributed by atoms with Crippen LogP contribution in [0.1, 0.15) is 19.8 Å². The average molecular weight is 325 g/mol. The van der Waals surface area contributed by atoms with Gasteiger partial charge in [-0.2, -0.15) is 0 Å². The van der Waals surface area contributed by atoms with Crippen molar-refractivity contribution in [2.24, 2.45) is 0 Å². The van der Waals surface area contributed by atoms with Crippen molar-refractivity contribution < 1.29 is 14.3 Å². The van der Waals surface area contributed by atoms with Gasteiger partial charge in [-0.15, -0.1) is 0 Å². The van der Waals surface area contributed by atoms with E-state index >= 15 is 0 Å². The van der Waals surface area contributed by atoms with Crippen LogP contribution in [0, 0.1) is 0 Å². The van der Waals surface area contributed by atoms with Crippen LogP contribution in [0.3, 0.4) is 0 Å². The van der Waals surface area contributed by atoms with Gasteiger partial charge in [-0.3, -0.25) is 0 Å². The molecule has 0 aliphatic carbocycles. The minimum atomic E-state index is -1.70. The third-order valence-corrected chi connectivity index (χ3v) is 5.46. The molecule has 73 valence electrons. The second-order valence-electron chi connectivity index (χ2n) is 1.97. The Bertz CT molecular complexity index is 114. The molecule has 0 fully saturated rings. The Hall–Kier alpha value is 0.779. The van der Waals surface area contributed by atoms with Crippen LogP contribution >= 0.6 is 17.8 Å². The number of hydrogen-bond acceptors (Lipinski definition) is 1. The summed E-state index contributed by atoms with van der Waals surface area (Å²) in [7, 11) is 11.2. The topological polar surface area (TPSA) is 37.3 Å². The molecular weight excluding hydrogens is 313 g/mol. The first-order valence-electron chi connectivity index (χ1n) is 3.49. The zero-order valence-corrected chi connectivity index (χ0v) is 11.2. The molecule has 0 aromatic heterocycles. The van der Waals surface area contributed by atoms with E-state index in [-0.39, 0.29) is 0 Å². The maximum Gasteiger partial charge on any atom is 0.335 e. The first-order chi connectivity index (χ1) is 5.54. The monoisotopic (exact) mass is 325 g/mol. The van der Waals surface area contributed by atoms with Crippen LogP contribution in [-0.4, -0.2) is 35.3 Å². The Morgan fingerprint density at radius 3 is 2.08 bits per heavy atom. The summed E-state index contributed by atoms with van der Waals surface area (Å²) in [5, 5.41) is 7.35. The van der Waals surface area contributed by atoms with Gasteiger partial charge < -0.3 is 5.11 Å². The summed E-state index contributed by atoms with van der Waals surface area (Å²) < 4.78 is 11.6. The van der Waals surface area contributed by atoms with Gasteiger partial charge in [-0.25, -0.2) is 9.18 Å². The smallest absolute Gasteiger partial charge is 0.335 e. The van der Waals surface area contributed by atoms with E-state index < -0.39 is 30.2 Å². The molecule has 12 heavy (non-hydrogen) atoms. The van der Waals surface area contributed by atoms with Crippen LogP contribution in [0.5, 0.6) is 0 Å². The third-order valence-electron chi connectivity index (χ3n) is 0.834. The summed E-state index contributed by atoms with van der Waals surface area (Å²) in [6.45, 7) is 0.875. The number of alkyl halides is 1. The van der Waals surface area contributed by atoms with Crippen LogP contribution in [0.4, 0.5) is 4.39 Å². The molecule has 0 amide bonds. The molecule has 0 bridgehead atoms. The Balaban J connectivity index is 0. The van der Waals surface area contributed by atoms with E-state index in [1.807, 2.05) is 0 Å². The normalized spacial score (nSPS) is 9.08. The minimum absolute atomic E-state index is 1.13. The van der Waals surface area contributed by atoms with Gasteiger partial charge in [0.25, 0.3) is 0 Å². The van der Waals surface area contributed by atoms with Crippen molar-refractivity contribution in [2.45, 2.75) is 24.2 Å². The van der Waals surface area contributed by atoms with E-state index in [2.05, 4.69) is 6.92 Å². The van der Waals surface area contributed by atoms with Gasteiger partial charge >= 0.3 is 65.5 Å². The molecule has 0 aromatic rings. The van der Waals surface area contributed by atoms with Crippen molar-refractivity contribution >= 4 is 41.3 Å². The summed E-state index contributed by atoms with van der Waals surface area (Å²) in [5.41, 5.74) is 0. The zero-order valence-electron chi connectivity index (χ0n) is 6.82. The van der Waals surface area contributed by atoms with Crippen molar-refractivity contribution in [2.75, 3.05) is 6.67 Å². The number of carboxylic acids is 1. The molecule has 0 spiro atoms. The van der Waals surface area contributed by atoms with Crippen LogP contribution in [0.25, 0.3) is 0 Å². The van der Waals surface area contributed by atoms with Crippen molar-refractivity contribution in [3.05, 3.63) is 0 Å². The van der Waals surface area contributed by atoms with Gasteiger partial charge in [0.2, 0.25) is 0 Å². The molecule has 1 N–H and O–H groups in total. The maximum absolute atomic E-state index is 10.5. The van der Waals surface area contributed by atoms with Crippen molar-refractivity contribution in [3.63, 3.8) is 0 Å². The Morgan fingerprint density at radius 1 is 1.58 bits per heavy atom. The molecule has 0 heterocycles. The quantitative estimate of drug-likeness (QED) is 0.807. The average Bonchev–Trinajstić information content (AvgIpc) is 2.02. The van der Waals surface area contributed by atoms with E-state index in [4.69, 9.17) is 27.7 Å². The minimum Gasteiger partial charge on any atom is -0.479 e. The number of halogens is 3. The fraction of sp³-hybridized carbons (Fsp3) is 0.833. The molecule has 0 rings (SSSR count). The zero-order chi connectivity index (χ0) is 9.98. The maximum atomic E-state index is 10.5. The molecule has 1 radical (unpaired) electrons. The number of aliphatic carboxylic acids is 1. The summed E-state index contributed by atoms with van der Waals surface area (Å²) >= 11 is -1.70.